The maximum Gasteiger partial charge on any atom is 0.325 e. The summed E-state index contributed by atoms with van der Waals surface area (Å²) in [4.78, 5) is 10.8. The Morgan fingerprint density at radius 2 is 2.50 bits per heavy atom. The van der Waals surface area contributed by atoms with Crippen molar-refractivity contribution in [3.8, 4) is 5.75 Å². The van der Waals surface area contributed by atoms with Crippen molar-refractivity contribution in [2.24, 2.45) is 0 Å². The molecule has 54 valence electrons. The van der Waals surface area contributed by atoms with E-state index in [0.717, 1.165) is 0 Å². The summed E-state index contributed by atoms with van der Waals surface area (Å²) < 4.78 is 1.26. The Labute approximate surface area is 58.1 Å². The zero-order valence-corrected chi connectivity index (χ0v) is 5.53. The summed E-state index contributed by atoms with van der Waals surface area (Å²) in [6, 6.07) is 1.18. The Morgan fingerprint density at radius 1 is 1.80 bits per heavy atom. The SMILES string of the molecule is CNC(=O)n1ccc(O)c1. The van der Waals surface area contributed by atoms with Gasteiger partial charge in [0.05, 0.1) is 6.20 Å². The summed E-state index contributed by atoms with van der Waals surface area (Å²) in [5.41, 5.74) is 0. The highest BCUT2D eigenvalue weighted by Crippen LogP contribution is 2.06. The molecule has 0 fully saturated rings. The summed E-state index contributed by atoms with van der Waals surface area (Å²) in [5.74, 6) is 0.0867. The lowest BCUT2D eigenvalue weighted by atomic mass is 10.6. The van der Waals surface area contributed by atoms with E-state index in [4.69, 9.17) is 5.11 Å². The molecule has 0 radical (unpaired) electrons. The fourth-order valence-corrected chi connectivity index (χ4v) is 0.641. The number of carbonyl (C=O) groups is 1. The van der Waals surface area contributed by atoms with Crippen LogP contribution < -0.4 is 5.32 Å². The zero-order valence-electron chi connectivity index (χ0n) is 5.53. The zero-order chi connectivity index (χ0) is 7.56. The van der Waals surface area contributed by atoms with Crippen molar-refractivity contribution in [3.05, 3.63) is 18.5 Å². The predicted molar refractivity (Wildman–Crippen MR) is 36.0 cm³/mol. The van der Waals surface area contributed by atoms with Crippen LogP contribution in [-0.4, -0.2) is 22.8 Å². The molecule has 4 nitrogen and oxygen atoms in total. The van der Waals surface area contributed by atoms with E-state index in [1.807, 2.05) is 0 Å². The van der Waals surface area contributed by atoms with Crippen LogP contribution in [0.3, 0.4) is 0 Å². The second-order valence-electron chi connectivity index (χ2n) is 1.83. The van der Waals surface area contributed by atoms with Gasteiger partial charge in [0, 0.05) is 13.2 Å². The molecule has 0 aliphatic rings. The van der Waals surface area contributed by atoms with Crippen LogP contribution in [-0.2, 0) is 0 Å². The minimum atomic E-state index is -0.264. The molecular weight excluding hydrogens is 132 g/mol. The van der Waals surface area contributed by atoms with Gasteiger partial charge in [-0.15, -0.1) is 0 Å². The first-order chi connectivity index (χ1) is 4.74. The van der Waals surface area contributed by atoms with Crippen molar-refractivity contribution in [3.63, 3.8) is 0 Å². The lowest BCUT2D eigenvalue weighted by Gasteiger charge is -1.96. The summed E-state index contributed by atoms with van der Waals surface area (Å²) >= 11 is 0. The van der Waals surface area contributed by atoms with Crippen molar-refractivity contribution in [2.75, 3.05) is 7.05 Å². The number of aromatic hydroxyl groups is 1. The molecule has 1 aromatic rings. The van der Waals surface area contributed by atoms with E-state index >= 15 is 0 Å². The maximum absolute atomic E-state index is 10.8. The molecule has 0 saturated heterocycles. The van der Waals surface area contributed by atoms with E-state index in [2.05, 4.69) is 5.32 Å². The highest BCUT2D eigenvalue weighted by Gasteiger charge is 1.99. The number of hydrogen-bond donors (Lipinski definition) is 2. The Bertz CT molecular complexity index is 242. The van der Waals surface area contributed by atoms with Crippen LogP contribution in [0.5, 0.6) is 5.75 Å². The molecule has 4 heteroatoms. The molecule has 0 saturated carbocycles. The van der Waals surface area contributed by atoms with Gasteiger partial charge in [-0.3, -0.25) is 4.57 Å². The first-order valence-electron chi connectivity index (χ1n) is 2.83. The highest BCUT2D eigenvalue weighted by molar-refractivity contribution is 5.76. The lowest BCUT2D eigenvalue weighted by Crippen LogP contribution is -2.22. The summed E-state index contributed by atoms with van der Waals surface area (Å²) in [7, 11) is 1.53. The Kier molecular flexibility index (Phi) is 1.62. The van der Waals surface area contributed by atoms with Crippen LogP contribution >= 0.6 is 0 Å². The number of hydrogen-bond acceptors (Lipinski definition) is 2. The second kappa shape index (κ2) is 2.43. The minimum absolute atomic E-state index is 0.0867. The van der Waals surface area contributed by atoms with Gasteiger partial charge in [-0.2, -0.15) is 0 Å². The molecule has 0 atom stereocenters. The first kappa shape index (κ1) is 6.67. The molecular formula is C6H8N2O2. The molecule has 0 aromatic carbocycles. The third-order valence-corrected chi connectivity index (χ3v) is 1.13. The number of amides is 1. The smallest absolute Gasteiger partial charge is 0.325 e. The summed E-state index contributed by atoms with van der Waals surface area (Å²) in [5, 5.41) is 11.2. The Balaban J connectivity index is 2.85. The normalized spacial score (nSPS) is 9.30. The number of nitrogens with one attached hydrogen (secondary N) is 1. The van der Waals surface area contributed by atoms with Crippen LogP contribution in [0.25, 0.3) is 0 Å². The molecule has 1 amide bonds. The Morgan fingerprint density at radius 3 is 2.90 bits per heavy atom. The van der Waals surface area contributed by atoms with Gasteiger partial charge in [-0.05, 0) is 6.07 Å². The van der Waals surface area contributed by atoms with Gasteiger partial charge in [0.2, 0.25) is 0 Å². The van der Waals surface area contributed by atoms with Gasteiger partial charge in [0.25, 0.3) is 0 Å². The van der Waals surface area contributed by atoms with Crippen LogP contribution in [0.4, 0.5) is 4.79 Å². The van der Waals surface area contributed by atoms with Crippen LogP contribution in [0.1, 0.15) is 0 Å². The molecule has 1 aromatic heterocycles. The van der Waals surface area contributed by atoms with Gasteiger partial charge in [0.1, 0.15) is 5.75 Å². The monoisotopic (exact) mass is 140 g/mol. The van der Waals surface area contributed by atoms with Gasteiger partial charge < -0.3 is 10.4 Å². The summed E-state index contributed by atoms with van der Waals surface area (Å²) in [6.45, 7) is 0. The minimum Gasteiger partial charge on any atom is -0.506 e. The molecule has 10 heavy (non-hydrogen) atoms. The topological polar surface area (TPSA) is 54.3 Å². The molecule has 0 aliphatic heterocycles. The van der Waals surface area contributed by atoms with Crippen molar-refractivity contribution in [1.29, 1.82) is 0 Å². The lowest BCUT2D eigenvalue weighted by molar-refractivity contribution is 0.244. The molecule has 1 rings (SSSR count). The molecule has 2 N–H and O–H groups in total. The third kappa shape index (κ3) is 1.10. The quantitative estimate of drug-likeness (QED) is 0.547. The van der Waals surface area contributed by atoms with Gasteiger partial charge in [-0.25, -0.2) is 4.79 Å². The second-order valence-corrected chi connectivity index (χ2v) is 1.83. The van der Waals surface area contributed by atoms with E-state index in [-0.39, 0.29) is 11.8 Å². The van der Waals surface area contributed by atoms with E-state index in [9.17, 15) is 4.79 Å². The van der Waals surface area contributed by atoms with Gasteiger partial charge in [0.15, 0.2) is 0 Å². The number of aromatic nitrogens is 1. The average Bonchev–Trinajstić information content (AvgIpc) is 2.34. The molecule has 0 unspecified atom stereocenters. The van der Waals surface area contributed by atoms with Gasteiger partial charge in [-0.1, -0.05) is 0 Å². The number of rotatable bonds is 0. The van der Waals surface area contributed by atoms with E-state index in [1.165, 1.54) is 30.1 Å². The third-order valence-electron chi connectivity index (χ3n) is 1.13. The van der Waals surface area contributed by atoms with Crippen molar-refractivity contribution in [2.45, 2.75) is 0 Å². The highest BCUT2D eigenvalue weighted by atomic mass is 16.3. The van der Waals surface area contributed by atoms with Crippen LogP contribution in [0.15, 0.2) is 18.5 Å². The number of nitrogens with zero attached hydrogens (tertiary/aromatic N) is 1. The molecule has 0 aliphatic carbocycles. The fraction of sp³-hybridized carbons (Fsp3) is 0.167. The van der Waals surface area contributed by atoms with Crippen molar-refractivity contribution >= 4 is 6.03 Å². The van der Waals surface area contributed by atoms with E-state index < -0.39 is 0 Å². The standard InChI is InChI=1S/C6H8N2O2/c1-7-6(10)8-3-2-5(9)4-8/h2-4,9H,1H3,(H,7,10). The maximum atomic E-state index is 10.8. The largest absolute Gasteiger partial charge is 0.506 e. The van der Waals surface area contributed by atoms with Crippen molar-refractivity contribution in [1.82, 2.24) is 9.88 Å². The van der Waals surface area contributed by atoms with Crippen LogP contribution in [0.2, 0.25) is 0 Å². The molecule has 0 bridgehead atoms. The number of carbonyl (C=O) groups excluding carboxylic acids is 1. The van der Waals surface area contributed by atoms with Crippen molar-refractivity contribution < 1.29 is 9.90 Å². The van der Waals surface area contributed by atoms with Crippen LogP contribution in [0, 0.1) is 0 Å². The predicted octanol–water partition coefficient (Wildman–Crippen LogP) is 0.381. The fourth-order valence-electron chi connectivity index (χ4n) is 0.641. The molecule has 1 heterocycles. The summed E-state index contributed by atoms with van der Waals surface area (Å²) in [6.07, 6.45) is 2.81. The first-order valence-corrected chi connectivity index (χ1v) is 2.83. The van der Waals surface area contributed by atoms with E-state index in [1.54, 1.807) is 0 Å². The van der Waals surface area contributed by atoms with E-state index in [0.29, 0.717) is 0 Å². The molecule has 0 spiro atoms. The Hall–Kier alpha value is -1.45. The van der Waals surface area contributed by atoms with Gasteiger partial charge >= 0.3 is 6.03 Å². The average molecular weight is 140 g/mol.